The maximum absolute atomic E-state index is 12.3. The van der Waals surface area contributed by atoms with E-state index < -0.39 is 26.9 Å². The fourth-order valence-corrected chi connectivity index (χ4v) is 9.22. The van der Waals surface area contributed by atoms with E-state index in [-0.39, 0.29) is 6.42 Å². The van der Waals surface area contributed by atoms with E-state index in [0.717, 1.165) is 42.2 Å². The molecule has 2 heterocycles. The van der Waals surface area contributed by atoms with Crippen molar-refractivity contribution in [2.24, 2.45) is 5.73 Å². The van der Waals surface area contributed by atoms with Gasteiger partial charge in [-0.1, -0.05) is 103 Å². The number of aryl methyl sites for hydroxylation is 1. The zero-order chi connectivity index (χ0) is 37.0. The smallest absolute Gasteiger partial charge is 0.274 e. The van der Waals surface area contributed by atoms with Gasteiger partial charge in [0, 0.05) is 27.7 Å². The minimum absolute atomic E-state index is 0.150. The molecule has 0 bridgehead atoms. The molecule has 8 rings (SSSR count). The SMILES string of the molecule is NC(=O)CC1C=CC=CS1(=O)=O.O=C(C=Cc1ccc(-c2ccc(C3=Cc4ccc5c(c4CC3)CCc3ccccc3-5)s2)cc1)N(O)c1ccccc1. The zero-order valence-corrected chi connectivity index (χ0v) is 30.5. The Morgan fingerprint density at radius 1 is 0.792 bits per heavy atom. The maximum Gasteiger partial charge on any atom is 0.274 e. The Labute approximate surface area is 313 Å². The van der Waals surface area contributed by atoms with E-state index in [1.54, 1.807) is 42.0 Å². The number of anilines is 1. The molecule has 1 atom stereocenters. The van der Waals surface area contributed by atoms with E-state index in [1.807, 2.05) is 29.5 Å². The van der Waals surface area contributed by atoms with Crippen LogP contribution in [0.2, 0.25) is 0 Å². The third-order valence-corrected chi connectivity index (χ3v) is 12.6. The van der Waals surface area contributed by atoms with E-state index >= 15 is 0 Å². The van der Waals surface area contributed by atoms with Gasteiger partial charge in [-0.25, -0.2) is 8.42 Å². The Kier molecular flexibility index (Phi) is 10.5. The summed E-state index contributed by atoms with van der Waals surface area (Å²) in [5.41, 5.74) is 17.5. The first kappa shape index (κ1) is 35.8. The van der Waals surface area contributed by atoms with Crippen LogP contribution in [0, 0.1) is 0 Å². The number of benzene rings is 4. The predicted molar refractivity (Wildman–Crippen MR) is 215 cm³/mol. The average Bonchev–Trinajstić information content (AvgIpc) is 3.68. The first-order valence-corrected chi connectivity index (χ1v) is 19.9. The van der Waals surface area contributed by atoms with Crippen LogP contribution in [0.1, 0.15) is 45.5 Å². The van der Waals surface area contributed by atoms with Gasteiger partial charge in [-0.3, -0.25) is 14.8 Å². The van der Waals surface area contributed by atoms with Gasteiger partial charge >= 0.3 is 0 Å². The summed E-state index contributed by atoms with van der Waals surface area (Å²) < 4.78 is 22.3. The standard InChI is InChI=1S/C37H29NO2S.C7H9NO3S/c39-37(38(40)30-7-2-1-3-8-30)23-12-25-10-13-27(14-11-25)35-21-22-36(41-35)29-17-18-32-28(24-29)16-20-33-31-9-5-4-6-26(31)15-19-34(32)33;8-7(9)5-6-3-1-2-4-12(6,10)11/h1-14,16,20-24,40H,15,17-19H2;1-4,6H,5H2,(H2,8,9). The second-order valence-corrected chi connectivity index (χ2v) is 16.2. The minimum atomic E-state index is -3.29. The molecule has 1 aliphatic heterocycles. The molecule has 7 nitrogen and oxygen atoms in total. The number of para-hydroxylation sites is 1. The molecule has 2 amide bonds. The normalized spacial score (nSPS) is 16.4. The fourth-order valence-electron chi connectivity index (χ4n) is 6.95. The predicted octanol–water partition coefficient (Wildman–Crippen LogP) is 8.83. The van der Waals surface area contributed by atoms with E-state index in [9.17, 15) is 23.2 Å². The van der Waals surface area contributed by atoms with Gasteiger partial charge in [-0.2, -0.15) is 5.06 Å². The van der Waals surface area contributed by atoms with Crippen LogP contribution >= 0.6 is 11.3 Å². The molecule has 0 saturated heterocycles. The highest BCUT2D eigenvalue weighted by Crippen LogP contribution is 2.42. The van der Waals surface area contributed by atoms with E-state index in [4.69, 9.17) is 5.73 Å². The van der Waals surface area contributed by atoms with Crippen molar-refractivity contribution < 1.29 is 23.2 Å². The van der Waals surface area contributed by atoms with Gasteiger partial charge in [-0.05, 0) is 106 Å². The van der Waals surface area contributed by atoms with Gasteiger partial charge in [0.1, 0.15) is 0 Å². The molecule has 3 N–H and O–H groups in total. The molecule has 5 aromatic rings. The second kappa shape index (κ2) is 15.6. The van der Waals surface area contributed by atoms with Crippen LogP contribution in [-0.4, -0.2) is 30.7 Å². The molecule has 1 aromatic heterocycles. The quantitative estimate of drug-likeness (QED) is 0.0983. The summed E-state index contributed by atoms with van der Waals surface area (Å²) in [5, 5.41) is 11.1. The Morgan fingerprint density at radius 3 is 2.30 bits per heavy atom. The lowest BCUT2D eigenvalue weighted by Crippen LogP contribution is -2.25. The van der Waals surface area contributed by atoms with Gasteiger partial charge in [0.15, 0.2) is 9.84 Å². The van der Waals surface area contributed by atoms with Gasteiger partial charge in [0.2, 0.25) is 5.91 Å². The van der Waals surface area contributed by atoms with Crippen LogP contribution < -0.4 is 10.8 Å². The molecule has 53 heavy (non-hydrogen) atoms. The van der Waals surface area contributed by atoms with Crippen LogP contribution in [-0.2, 0) is 38.7 Å². The summed E-state index contributed by atoms with van der Waals surface area (Å²) in [6, 6.07) is 34.9. The topological polar surface area (TPSA) is 118 Å². The number of nitrogens with zero attached hydrogens (tertiary/aromatic N) is 1. The number of hydrogen-bond donors (Lipinski definition) is 2. The third-order valence-electron chi connectivity index (χ3n) is 9.67. The summed E-state index contributed by atoms with van der Waals surface area (Å²) in [6.45, 7) is 0. The van der Waals surface area contributed by atoms with E-state index in [2.05, 4.69) is 66.7 Å². The van der Waals surface area contributed by atoms with Crippen molar-refractivity contribution in [3.05, 3.63) is 166 Å². The molecule has 0 spiro atoms. The summed E-state index contributed by atoms with van der Waals surface area (Å²) in [5.74, 6) is -1.10. The van der Waals surface area contributed by atoms with Crippen LogP contribution in [0.25, 0.3) is 39.3 Å². The number of amides is 2. The van der Waals surface area contributed by atoms with Crippen molar-refractivity contribution in [2.75, 3.05) is 5.06 Å². The molecule has 9 heteroatoms. The lowest BCUT2D eigenvalue weighted by atomic mass is 9.78. The maximum atomic E-state index is 12.3. The number of carbonyl (C=O) groups is 2. The van der Waals surface area contributed by atoms with Crippen LogP contribution in [0.5, 0.6) is 0 Å². The molecule has 0 radical (unpaired) electrons. The molecule has 4 aromatic carbocycles. The number of sulfone groups is 1. The number of carbonyl (C=O) groups excluding carboxylic acids is 2. The van der Waals surface area contributed by atoms with Crippen molar-refractivity contribution >= 4 is 56.4 Å². The minimum Gasteiger partial charge on any atom is -0.370 e. The molecule has 3 aliphatic rings. The van der Waals surface area contributed by atoms with Gasteiger partial charge < -0.3 is 5.73 Å². The van der Waals surface area contributed by atoms with E-state index in [0.29, 0.717) is 10.8 Å². The van der Waals surface area contributed by atoms with Gasteiger partial charge in [-0.15, -0.1) is 11.3 Å². The highest BCUT2D eigenvalue weighted by atomic mass is 32.2. The number of fused-ring (bicyclic) bond motifs is 5. The summed E-state index contributed by atoms with van der Waals surface area (Å²) in [4.78, 5) is 25.3. The molecular formula is C44H38N2O5S2. The van der Waals surface area contributed by atoms with Crippen LogP contribution in [0.15, 0.2) is 133 Å². The number of allylic oxidation sites excluding steroid dienone is 3. The first-order valence-electron chi connectivity index (χ1n) is 17.4. The Balaban J connectivity index is 0.000000310. The molecular weight excluding hydrogens is 701 g/mol. The molecule has 0 saturated carbocycles. The second-order valence-electron chi connectivity index (χ2n) is 13.1. The lowest BCUT2D eigenvalue weighted by molar-refractivity contribution is -0.119. The number of nitrogens with two attached hydrogens (primary N) is 1. The number of primary amides is 1. The van der Waals surface area contributed by atoms with Crippen molar-refractivity contribution in [2.45, 2.75) is 37.4 Å². The zero-order valence-electron chi connectivity index (χ0n) is 28.9. The average molecular weight is 739 g/mol. The lowest BCUT2D eigenvalue weighted by Gasteiger charge is -2.26. The van der Waals surface area contributed by atoms with Crippen molar-refractivity contribution in [3.63, 3.8) is 0 Å². The Hall–Kier alpha value is -5.61. The Bertz CT molecular complexity index is 2410. The monoisotopic (exact) mass is 738 g/mol. The number of thiophene rings is 1. The van der Waals surface area contributed by atoms with Crippen molar-refractivity contribution in [1.82, 2.24) is 0 Å². The highest BCUT2D eigenvalue weighted by molar-refractivity contribution is 7.95. The first-order chi connectivity index (χ1) is 25.7. The Morgan fingerprint density at radius 2 is 1.53 bits per heavy atom. The number of hydroxylamine groups is 1. The summed E-state index contributed by atoms with van der Waals surface area (Å²) in [7, 11) is -3.29. The number of rotatable bonds is 7. The molecule has 266 valence electrons. The van der Waals surface area contributed by atoms with E-state index in [1.165, 1.54) is 61.4 Å². The van der Waals surface area contributed by atoms with Crippen LogP contribution in [0.4, 0.5) is 5.69 Å². The van der Waals surface area contributed by atoms with Crippen LogP contribution in [0.3, 0.4) is 0 Å². The fraction of sp³-hybridized carbons (Fsp3) is 0.136. The highest BCUT2D eigenvalue weighted by Gasteiger charge is 2.24. The number of hydrogen-bond acceptors (Lipinski definition) is 6. The van der Waals surface area contributed by atoms with Gasteiger partial charge in [0.25, 0.3) is 5.91 Å². The largest absolute Gasteiger partial charge is 0.370 e. The molecule has 2 aliphatic carbocycles. The van der Waals surface area contributed by atoms with Crippen molar-refractivity contribution in [3.8, 4) is 21.6 Å². The third kappa shape index (κ3) is 8.08. The molecule has 0 fully saturated rings. The molecule has 1 unspecified atom stereocenters. The van der Waals surface area contributed by atoms with Crippen molar-refractivity contribution in [1.29, 1.82) is 0 Å². The summed E-state index contributed by atoms with van der Waals surface area (Å²) >= 11 is 1.83. The van der Waals surface area contributed by atoms with Gasteiger partial charge in [0.05, 0.1) is 10.9 Å². The summed E-state index contributed by atoms with van der Waals surface area (Å²) in [6.07, 6.45) is 14.2.